The third-order valence-corrected chi connectivity index (χ3v) is 1.94. The van der Waals surface area contributed by atoms with Gasteiger partial charge in [-0.15, -0.1) is 0 Å². The minimum absolute atomic E-state index is 0.478. The summed E-state index contributed by atoms with van der Waals surface area (Å²) >= 11 is 0. The zero-order chi connectivity index (χ0) is 9.97. The van der Waals surface area contributed by atoms with Crippen molar-refractivity contribution in [1.82, 2.24) is 15.0 Å². The fourth-order valence-corrected chi connectivity index (χ4v) is 1.23. The molecular formula is C10H10N4. The molecule has 2 heterocycles. The molecule has 0 aromatic carbocycles. The van der Waals surface area contributed by atoms with E-state index < -0.39 is 0 Å². The highest BCUT2D eigenvalue weighted by Gasteiger charge is 2.03. The maximum atomic E-state index is 5.58. The van der Waals surface area contributed by atoms with Gasteiger partial charge in [-0.25, -0.2) is 9.97 Å². The van der Waals surface area contributed by atoms with Crippen LogP contribution in [-0.2, 0) is 0 Å². The van der Waals surface area contributed by atoms with Crippen LogP contribution in [0.25, 0.3) is 11.4 Å². The highest BCUT2D eigenvalue weighted by atomic mass is 14.9. The van der Waals surface area contributed by atoms with Gasteiger partial charge in [-0.1, -0.05) is 0 Å². The number of hydrogen-bond donors (Lipinski definition) is 1. The molecule has 0 radical (unpaired) electrons. The molecule has 2 aromatic heterocycles. The number of anilines is 1. The second-order valence-corrected chi connectivity index (χ2v) is 3.00. The zero-order valence-corrected chi connectivity index (χ0v) is 7.81. The van der Waals surface area contributed by atoms with Crippen LogP contribution in [0, 0.1) is 6.92 Å². The second kappa shape index (κ2) is 3.41. The van der Waals surface area contributed by atoms with E-state index in [1.807, 2.05) is 13.0 Å². The molecule has 0 amide bonds. The number of aryl methyl sites for hydroxylation is 1. The lowest BCUT2D eigenvalue weighted by atomic mass is 10.1. The van der Waals surface area contributed by atoms with E-state index in [-0.39, 0.29) is 0 Å². The number of nitrogens with two attached hydrogens (primary N) is 1. The van der Waals surface area contributed by atoms with Crippen molar-refractivity contribution in [2.45, 2.75) is 6.92 Å². The van der Waals surface area contributed by atoms with E-state index in [0.29, 0.717) is 11.6 Å². The first kappa shape index (κ1) is 8.62. The van der Waals surface area contributed by atoms with E-state index in [1.165, 1.54) is 0 Å². The van der Waals surface area contributed by atoms with E-state index in [9.17, 15) is 0 Å². The first-order valence-corrected chi connectivity index (χ1v) is 4.27. The molecule has 70 valence electrons. The smallest absolute Gasteiger partial charge is 0.161 e. The molecule has 2 N–H and O–H groups in total. The molecule has 0 unspecified atom stereocenters. The molecule has 0 spiro atoms. The molecule has 0 saturated carbocycles. The first-order chi connectivity index (χ1) is 6.77. The molecule has 0 atom stereocenters. The molecule has 4 nitrogen and oxygen atoms in total. The predicted octanol–water partition coefficient (Wildman–Crippen LogP) is 1.43. The van der Waals surface area contributed by atoms with E-state index in [4.69, 9.17) is 5.73 Å². The van der Waals surface area contributed by atoms with Crippen LogP contribution in [0.2, 0.25) is 0 Å². The Bertz CT molecular complexity index is 453. The Hall–Kier alpha value is -1.97. The third kappa shape index (κ3) is 1.54. The number of rotatable bonds is 1. The topological polar surface area (TPSA) is 64.7 Å². The van der Waals surface area contributed by atoms with E-state index in [0.717, 1.165) is 11.1 Å². The highest BCUT2D eigenvalue weighted by molar-refractivity contribution is 5.59. The van der Waals surface area contributed by atoms with Gasteiger partial charge in [0.1, 0.15) is 5.82 Å². The van der Waals surface area contributed by atoms with Crippen molar-refractivity contribution in [2.24, 2.45) is 0 Å². The largest absolute Gasteiger partial charge is 0.384 e. The van der Waals surface area contributed by atoms with Crippen molar-refractivity contribution in [2.75, 3.05) is 5.73 Å². The number of nitrogens with zero attached hydrogens (tertiary/aromatic N) is 3. The van der Waals surface area contributed by atoms with Crippen molar-refractivity contribution < 1.29 is 0 Å². The van der Waals surface area contributed by atoms with Crippen molar-refractivity contribution in [3.05, 3.63) is 36.3 Å². The van der Waals surface area contributed by atoms with Crippen LogP contribution < -0.4 is 5.73 Å². The fraction of sp³-hybridized carbons (Fsp3) is 0.100. The van der Waals surface area contributed by atoms with Crippen LogP contribution in [0.3, 0.4) is 0 Å². The number of hydrogen-bond acceptors (Lipinski definition) is 4. The lowest BCUT2D eigenvalue weighted by Gasteiger charge is -2.02. The minimum Gasteiger partial charge on any atom is -0.384 e. The van der Waals surface area contributed by atoms with Crippen LogP contribution in [0.4, 0.5) is 5.82 Å². The van der Waals surface area contributed by atoms with Gasteiger partial charge in [-0.05, 0) is 24.6 Å². The summed E-state index contributed by atoms with van der Waals surface area (Å²) in [6, 6.07) is 3.55. The van der Waals surface area contributed by atoms with Crippen LogP contribution in [0.15, 0.2) is 30.7 Å². The lowest BCUT2D eigenvalue weighted by molar-refractivity contribution is 1.16. The molecule has 2 aromatic rings. The monoisotopic (exact) mass is 186 g/mol. The third-order valence-electron chi connectivity index (χ3n) is 1.94. The average Bonchev–Trinajstić information content (AvgIpc) is 2.18. The Morgan fingerprint density at radius 1 is 1.21 bits per heavy atom. The Morgan fingerprint density at radius 3 is 2.79 bits per heavy atom. The second-order valence-electron chi connectivity index (χ2n) is 3.00. The Morgan fingerprint density at radius 2 is 2.07 bits per heavy atom. The first-order valence-electron chi connectivity index (χ1n) is 4.27. The molecule has 0 aliphatic heterocycles. The molecule has 0 fully saturated rings. The Balaban J connectivity index is 2.55. The van der Waals surface area contributed by atoms with Crippen LogP contribution >= 0.6 is 0 Å². The minimum atomic E-state index is 0.478. The van der Waals surface area contributed by atoms with Gasteiger partial charge in [0.25, 0.3) is 0 Å². The van der Waals surface area contributed by atoms with Crippen molar-refractivity contribution in [3.8, 4) is 11.4 Å². The quantitative estimate of drug-likeness (QED) is 0.731. The number of pyridine rings is 1. The highest BCUT2D eigenvalue weighted by Crippen LogP contribution is 2.17. The molecule has 0 bridgehead atoms. The van der Waals surface area contributed by atoms with Crippen molar-refractivity contribution in [1.29, 1.82) is 0 Å². The van der Waals surface area contributed by atoms with E-state index in [1.54, 1.807) is 24.7 Å². The Kier molecular flexibility index (Phi) is 2.10. The number of aromatic nitrogens is 3. The molecule has 0 saturated heterocycles. The van der Waals surface area contributed by atoms with Gasteiger partial charge < -0.3 is 5.73 Å². The predicted molar refractivity (Wildman–Crippen MR) is 54.4 cm³/mol. The molecular weight excluding hydrogens is 176 g/mol. The molecule has 2 rings (SSSR count). The average molecular weight is 186 g/mol. The summed E-state index contributed by atoms with van der Waals surface area (Å²) in [6.45, 7) is 1.97. The summed E-state index contributed by atoms with van der Waals surface area (Å²) in [7, 11) is 0. The maximum Gasteiger partial charge on any atom is 0.161 e. The molecule has 4 heteroatoms. The fourth-order valence-electron chi connectivity index (χ4n) is 1.23. The normalized spacial score (nSPS) is 10.1. The van der Waals surface area contributed by atoms with E-state index >= 15 is 0 Å². The van der Waals surface area contributed by atoms with Gasteiger partial charge in [-0.2, -0.15) is 0 Å². The molecule has 0 aliphatic carbocycles. The van der Waals surface area contributed by atoms with Crippen LogP contribution in [0.1, 0.15) is 5.56 Å². The lowest BCUT2D eigenvalue weighted by Crippen LogP contribution is -1.95. The van der Waals surface area contributed by atoms with Crippen molar-refractivity contribution >= 4 is 5.82 Å². The molecule has 14 heavy (non-hydrogen) atoms. The SMILES string of the molecule is Cc1cnccc1-c1nccc(N)n1. The standard InChI is InChI=1S/C10H10N4/c1-7-6-12-4-2-8(7)10-13-5-3-9(11)14-10/h2-6H,1H3,(H2,11,13,14). The van der Waals surface area contributed by atoms with Crippen LogP contribution in [-0.4, -0.2) is 15.0 Å². The van der Waals surface area contributed by atoms with Gasteiger partial charge in [0, 0.05) is 24.2 Å². The van der Waals surface area contributed by atoms with Gasteiger partial charge in [0.05, 0.1) is 0 Å². The summed E-state index contributed by atoms with van der Waals surface area (Å²) < 4.78 is 0. The molecule has 0 aliphatic rings. The maximum absolute atomic E-state index is 5.58. The van der Waals surface area contributed by atoms with Gasteiger partial charge in [0.2, 0.25) is 0 Å². The summed E-state index contributed by atoms with van der Waals surface area (Å²) in [5.41, 5.74) is 7.58. The van der Waals surface area contributed by atoms with Crippen molar-refractivity contribution in [3.63, 3.8) is 0 Å². The van der Waals surface area contributed by atoms with Crippen LogP contribution in [0.5, 0.6) is 0 Å². The van der Waals surface area contributed by atoms with E-state index in [2.05, 4.69) is 15.0 Å². The summed E-state index contributed by atoms with van der Waals surface area (Å²) in [6.07, 6.45) is 5.15. The number of nitrogen functional groups attached to an aromatic ring is 1. The summed E-state index contributed by atoms with van der Waals surface area (Å²) in [5.74, 6) is 1.12. The Labute approximate surface area is 81.9 Å². The van der Waals surface area contributed by atoms with Gasteiger partial charge >= 0.3 is 0 Å². The summed E-state index contributed by atoms with van der Waals surface area (Å²) in [5, 5.41) is 0. The van der Waals surface area contributed by atoms with Gasteiger partial charge in [-0.3, -0.25) is 4.98 Å². The zero-order valence-electron chi connectivity index (χ0n) is 7.81. The van der Waals surface area contributed by atoms with Gasteiger partial charge in [0.15, 0.2) is 5.82 Å². The summed E-state index contributed by atoms with van der Waals surface area (Å²) in [4.78, 5) is 12.3.